The number of rotatable bonds is 9. The molecule has 1 saturated carbocycles. The van der Waals surface area contributed by atoms with Crippen LogP contribution in [0.4, 0.5) is 0 Å². The molecular formula is C36H47N5O2S. The van der Waals surface area contributed by atoms with Crippen LogP contribution < -0.4 is 10.6 Å². The van der Waals surface area contributed by atoms with E-state index in [0.29, 0.717) is 5.92 Å². The molecule has 3 N–H and O–H groups in total. The van der Waals surface area contributed by atoms with Crippen molar-refractivity contribution in [2.45, 2.75) is 51.4 Å². The molecule has 0 radical (unpaired) electrons. The summed E-state index contributed by atoms with van der Waals surface area (Å²) in [6.45, 7) is 2.54. The molecule has 0 atom stereocenters. The number of thiazole rings is 1. The van der Waals surface area contributed by atoms with Crippen molar-refractivity contribution < 1.29 is 9.59 Å². The Morgan fingerprint density at radius 3 is 2.25 bits per heavy atom. The first-order chi connectivity index (χ1) is 21.6. The van der Waals surface area contributed by atoms with Crippen molar-refractivity contribution in [2.24, 2.45) is 0 Å². The first-order valence-corrected chi connectivity index (χ1v) is 16.1. The fourth-order valence-corrected chi connectivity index (χ4v) is 4.68. The molecule has 2 aromatic heterocycles. The van der Waals surface area contributed by atoms with Gasteiger partial charge in [0.25, 0.3) is 0 Å². The van der Waals surface area contributed by atoms with Crippen molar-refractivity contribution in [3.05, 3.63) is 107 Å². The van der Waals surface area contributed by atoms with E-state index in [9.17, 15) is 4.79 Å². The number of hydrogen-bond acceptors (Lipinski definition) is 7. The van der Waals surface area contributed by atoms with Gasteiger partial charge >= 0.3 is 0 Å². The third-order valence-corrected chi connectivity index (χ3v) is 7.04. The lowest BCUT2D eigenvalue weighted by molar-refractivity contribution is -0.106. The molecule has 0 amide bonds. The molecule has 234 valence electrons. The third kappa shape index (κ3) is 14.0. The Balaban J connectivity index is 0.000000252. The Labute approximate surface area is 266 Å². The number of aromatic amines is 1. The van der Waals surface area contributed by atoms with Crippen molar-refractivity contribution >= 4 is 34.7 Å². The minimum atomic E-state index is 0.677. The number of aldehydes is 2. The summed E-state index contributed by atoms with van der Waals surface area (Å²) in [5.41, 5.74) is 6.21. The third-order valence-electron chi connectivity index (χ3n) is 6.52. The van der Waals surface area contributed by atoms with Gasteiger partial charge in [0.15, 0.2) is 0 Å². The number of nitrogens with zero attached hydrogens (tertiary/aromatic N) is 2. The van der Waals surface area contributed by atoms with Crippen LogP contribution in [0.2, 0.25) is 0 Å². The average molecular weight is 614 g/mol. The van der Waals surface area contributed by atoms with E-state index in [2.05, 4.69) is 74.1 Å². The van der Waals surface area contributed by atoms with E-state index in [1.807, 2.05) is 50.9 Å². The maximum Gasteiger partial charge on any atom is 0.150 e. The van der Waals surface area contributed by atoms with Crippen molar-refractivity contribution in [1.29, 1.82) is 0 Å². The summed E-state index contributed by atoms with van der Waals surface area (Å²) in [6.07, 6.45) is 12.6. The molecule has 6 rings (SSSR count). The van der Waals surface area contributed by atoms with Crippen LogP contribution in [0.3, 0.4) is 0 Å². The predicted octanol–water partition coefficient (Wildman–Crippen LogP) is 7.72. The second-order valence-corrected chi connectivity index (χ2v) is 10.9. The highest BCUT2D eigenvalue weighted by Gasteiger charge is 2.25. The molecule has 0 aliphatic heterocycles. The van der Waals surface area contributed by atoms with Gasteiger partial charge in [-0.2, -0.15) is 0 Å². The van der Waals surface area contributed by atoms with Crippen LogP contribution in [0.25, 0.3) is 22.0 Å². The zero-order valence-corrected chi connectivity index (χ0v) is 27.3. The molecule has 0 saturated heterocycles. The first-order valence-electron chi connectivity index (χ1n) is 15.1. The van der Waals surface area contributed by atoms with Crippen molar-refractivity contribution in [3.63, 3.8) is 0 Å². The van der Waals surface area contributed by atoms with E-state index in [1.54, 1.807) is 23.0 Å². The fourth-order valence-electron chi connectivity index (χ4n) is 4.32. The monoisotopic (exact) mass is 613 g/mol. The number of aryl methyl sites for hydroxylation is 1. The molecule has 0 bridgehead atoms. The lowest BCUT2D eigenvalue weighted by Gasteiger charge is -2.02. The van der Waals surface area contributed by atoms with Gasteiger partial charge in [-0.3, -0.25) is 9.78 Å². The van der Waals surface area contributed by atoms with Gasteiger partial charge < -0.3 is 20.4 Å². The number of imidazole rings is 1. The Bertz CT molecular complexity index is 1430. The second-order valence-electron chi connectivity index (χ2n) is 10.2. The van der Waals surface area contributed by atoms with Crippen LogP contribution >= 0.6 is 11.3 Å². The smallest absolute Gasteiger partial charge is 0.150 e. The summed E-state index contributed by atoms with van der Waals surface area (Å²) in [5, 5.41) is 10.4. The Morgan fingerprint density at radius 2 is 1.64 bits per heavy atom. The van der Waals surface area contributed by atoms with Crippen LogP contribution in [0, 0.1) is 0 Å². The summed E-state index contributed by atoms with van der Waals surface area (Å²) in [7, 11) is 5.75. The number of unbranched alkanes of at least 4 members (excludes halogenated alkanes) is 2. The zero-order chi connectivity index (χ0) is 31.8. The zero-order valence-electron chi connectivity index (χ0n) is 26.5. The summed E-state index contributed by atoms with van der Waals surface area (Å²) in [5.74, 6) is 1.77. The van der Waals surface area contributed by atoms with E-state index < -0.39 is 0 Å². The van der Waals surface area contributed by atoms with E-state index in [1.165, 1.54) is 60.9 Å². The second kappa shape index (κ2) is 22.5. The number of benzene rings is 3. The summed E-state index contributed by atoms with van der Waals surface area (Å²) in [6, 6.07) is 22.9. The number of aromatic nitrogens is 3. The number of carbonyl (C=O) groups excluding carboxylic acids is 2. The summed E-state index contributed by atoms with van der Waals surface area (Å²) < 4.78 is 0. The minimum absolute atomic E-state index is 0.677. The minimum Gasteiger partial charge on any atom is -0.342 e. The van der Waals surface area contributed by atoms with Crippen LogP contribution in [0.1, 0.15) is 66.7 Å². The molecule has 8 heteroatoms. The van der Waals surface area contributed by atoms with Crippen molar-refractivity contribution in [1.82, 2.24) is 25.6 Å². The quantitative estimate of drug-likeness (QED) is 0.116. The lowest BCUT2D eigenvalue weighted by atomic mass is 10.0. The van der Waals surface area contributed by atoms with Gasteiger partial charge in [0.1, 0.15) is 18.4 Å². The fraction of sp³-hybridized carbons (Fsp3) is 0.333. The van der Waals surface area contributed by atoms with Crippen LogP contribution in [0.15, 0.2) is 90.0 Å². The van der Waals surface area contributed by atoms with Crippen LogP contribution in [-0.4, -0.2) is 55.2 Å². The number of hydrogen-bond donors (Lipinski definition) is 3. The van der Waals surface area contributed by atoms with Crippen molar-refractivity contribution in [2.75, 3.05) is 27.7 Å². The standard InChI is InChI=1S/C19H23N3.C10H10O.C3H3NS.C2H7N.C2H4O/c1-20-12-6-2-3-9-19-21-14-18(22-19)17-11-10-15-7-4-5-8-16(15)13-17;11-7-9-3-1-2-4-10(9)8-5-6-8;1-2-5-3-4-1;1-3-2;1-2-3/h4-5,7-8,10-11,13-14,20H,2-3,6,9,12H2,1H3,(H,21,22);1-4,7-8H,5-6H2;1-3H;3H,1-2H3;2H,1H3. The van der Waals surface area contributed by atoms with E-state index in [4.69, 9.17) is 4.79 Å². The molecule has 5 aromatic rings. The van der Waals surface area contributed by atoms with E-state index in [-0.39, 0.29) is 0 Å². The normalized spacial score (nSPS) is 11.3. The molecule has 0 unspecified atom stereocenters. The molecule has 7 nitrogen and oxygen atoms in total. The highest BCUT2D eigenvalue weighted by atomic mass is 32.1. The number of carbonyl (C=O) groups is 2. The highest BCUT2D eigenvalue weighted by Crippen LogP contribution is 2.41. The molecule has 0 spiro atoms. The Hall–Kier alpha value is -3.98. The Kier molecular flexibility index (Phi) is 18.6. The molecule has 1 fully saturated rings. The lowest BCUT2D eigenvalue weighted by Crippen LogP contribution is -2.07. The summed E-state index contributed by atoms with van der Waals surface area (Å²) >= 11 is 1.60. The van der Waals surface area contributed by atoms with Crippen molar-refractivity contribution in [3.8, 4) is 11.3 Å². The number of nitrogens with one attached hydrogen (secondary N) is 3. The van der Waals surface area contributed by atoms with Gasteiger partial charge in [-0.25, -0.2) is 4.98 Å². The summed E-state index contributed by atoms with van der Waals surface area (Å²) in [4.78, 5) is 31.1. The van der Waals surface area contributed by atoms with Gasteiger partial charge in [0, 0.05) is 29.1 Å². The van der Waals surface area contributed by atoms with Gasteiger partial charge in [-0.05, 0) is 88.6 Å². The molecule has 1 aliphatic rings. The first kappa shape index (κ1) is 36.2. The van der Waals surface area contributed by atoms with Gasteiger partial charge in [0.05, 0.1) is 17.4 Å². The predicted molar refractivity (Wildman–Crippen MR) is 186 cm³/mol. The average Bonchev–Trinajstić information content (AvgIpc) is 3.48. The topological polar surface area (TPSA) is 99.8 Å². The van der Waals surface area contributed by atoms with Gasteiger partial charge in [0.2, 0.25) is 0 Å². The van der Waals surface area contributed by atoms with Gasteiger partial charge in [-0.15, -0.1) is 11.3 Å². The Morgan fingerprint density at radius 1 is 0.932 bits per heavy atom. The van der Waals surface area contributed by atoms with Crippen LogP contribution in [-0.2, 0) is 11.2 Å². The largest absolute Gasteiger partial charge is 0.342 e. The van der Waals surface area contributed by atoms with Crippen LogP contribution in [0.5, 0.6) is 0 Å². The van der Waals surface area contributed by atoms with E-state index >= 15 is 0 Å². The van der Waals surface area contributed by atoms with Gasteiger partial charge in [-0.1, -0.05) is 67.1 Å². The number of fused-ring (bicyclic) bond motifs is 1. The molecular weight excluding hydrogens is 566 g/mol. The maximum absolute atomic E-state index is 10.6. The van der Waals surface area contributed by atoms with E-state index in [0.717, 1.165) is 42.6 Å². The molecule has 44 heavy (non-hydrogen) atoms. The highest BCUT2D eigenvalue weighted by molar-refractivity contribution is 7.07. The number of H-pyrrole nitrogens is 1. The molecule has 1 aliphatic carbocycles. The molecule has 3 aromatic carbocycles. The SMILES string of the molecule is CC=O.CNC.CNCCCCCc1ncc(-c2ccc3ccccc3c2)[nH]1.O=Cc1ccccc1C1CC1.c1cscn1. The molecule has 2 heterocycles. The maximum atomic E-state index is 10.6.